The number of hydrogen-bond donors (Lipinski definition) is 0. The van der Waals surface area contributed by atoms with Gasteiger partial charge in [-0.25, -0.2) is 0 Å². The molecule has 15 heavy (non-hydrogen) atoms. The van der Waals surface area contributed by atoms with Crippen LogP contribution in [-0.4, -0.2) is 6.10 Å². The Morgan fingerprint density at radius 3 is 2.73 bits per heavy atom. The molecule has 1 aliphatic heterocycles. The van der Waals surface area contributed by atoms with Gasteiger partial charge in [-0.1, -0.05) is 35.9 Å². The molecule has 1 heterocycles. The highest BCUT2D eigenvalue weighted by Crippen LogP contribution is 2.43. The lowest BCUT2D eigenvalue weighted by Gasteiger charge is -2.13. The van der Waals surface area contributed by atoms with Gasteiger partial charge in [-0.2, -0.15) is 0 Å². The normalized spacial score (nSPS) is 26.0. The zero-order valence-electron chi connectivity index (χ0n) is 9.03. The van der Waals surface area contributed by atoms with Crippen molar-refractivity contribution in [1.82, 2.24) is 0 Å². The number of rotatable bonds is 0. The van der Waals surface area contributed by atoms with Crippen molar-refractivity contribution in [2.24, 2.45) is 0 Å². The summed E-state index contributed by atoms with van der Waals surface area (Å²) in [4.78, 5) is 0. The quantitative estimate of drug-likeness (QED) is 0.621. The van der Waals surface area contributed by atoms with E-state index in [9.17, 15) is 0 Å². The van der Waals surface area contributed by atoms with E-state index in [0.717, 1.165) is 5.75 Å². The molecule has 0 saturated carbocycles. The standard InChI is InChI=1S/C14H14O/c1-9-7-10(2)14-12(8-9)11-5-3-4-6-13(11)15-14/h3-8,11,13H,1-2H3. The van der Waals surface area contributed by atoms with Crippen molar-refractivity contribution in [2.45, 2.75) is 25.9 Å². The molecule has 0 fully saturated rings. The molecule has 76 valence electrons. The van der Waals surface area contributed by atoms with Crippen molar-refractivity contribution in [3.63, 3.8) is 0 Å². The Balaban J connectivity index is 2.17. The Morgan fingerprint density at radius 2 is 1.87 bits per heavy atom. The van der Waals surface area contributed by atoms with Crippen molar-refractivity contribution in [2.75, 3.05) is 0 Å². The topological polar surface area (TPSA) is 9.23 Å². The first-order chi connectivity index (χ1) is 7.25. The Bertz CT molecular complexity index is 468. The van der Waals surface area contributed by atoms with Gasteiger partial charge in [0.05, 0.1) is 0 Å². The monoisotopic (exact) mass is 198 g/mol. The van der Waals surface area contributed by atoms with E-state index in [4.69, 9.17) is 4.74 Å². The van der Waals surface area contributed by atoms with Crippen molar-refractivity contribution in [3.8, 4) is 5.75 Å². The third-order valence-electron chi connectivity index (χ3n) is 3.15. The van der Waals surface area contributed by atoms with Crippen molar-refractivity contribution in [1.29, 1.82) is 0 Å². The first-order valence-electron chi connectivity index (χ1n) is 5.38. The van der Waals surface area contributed by atoms with Crippen LogP contribution in [0, 0.1) is 13.8 Å². The summed E-state index contributed by atoms with van der Waals surface area (Å²) >= 11 is 0. The smallest absolute Gasteiger partial charge is 0.128 e. The van der Waals surface area contributed by atoms with Gasteiger partial charge in [-0.15, -0.1) is 0 Å². The molecule has 1 heteroatoms. The Hall–Kier alpha value is -1.50. The fraction of sp³-hybridized carbons (Fsp3) is 0.286. The minimum Gasteiger partial charge on any atom is -0.485 e. The van der Waals surface area contributed by atoms with Crippen LogP contribution in [0.1, 0.15) is 22.6 Å². The SMILES string of the molecule is Cc1cc(C)c2c(c1)C1C=CC=CC1O2. The van der Waals surface area contributed by atoms with Crippen LogP contribution in [0.15, 0.2) is 36.4 Å². The lowest BCUT2D eigenvalue weighted by molar-refractivity contribution is 0.267. The van der Waals surface area contributed by atoms with E-state index in [2.05, 4.69) is 50.3 Å². The zero-order chi connectivity index (χ0) is 10.4. The van der Waals surface area contributed by atoms with Crippen LogP contribution in [0.25, 0.3) is 0 Å². The summed E-state index contributed by atoms with van der Waals surface area (Å²) in [6.45, 7) is 4.26. The van der Waals surface area contributed by atoms with Gasteiger partial charge in [0, 0.05) is 11.5 Å². The van der Waals surface area contributed by atoms with Gasteiger partial charge in [-0.05, 0) is 25.5 Å². The molecular weight excluding hydrogens is 184 g/mol. The lowest BCUT2D eigenvalue weighted by atomic mass is 9.90. The summed E-state index contributed by atoms with van der Waals surface area (Å²) in [5.74, 6) is 1.51. The van der Waals surface area contributed by atoms with Crippen LogP contribution >= 0.6 is 0 Å². The Labute approximate surface area is 90.1 Å². The van der Waals surface area contributed by atoms with Crippen molar-refractivity contribution < 1.29 is 4.74 Å². The van der Waals surface area contributed by atoms with Gasteiger partial charge in [0.1, 0.15) is 11.9 Å². The van der Waals surface area contributed by atoms with Gasteiger partial charge in [-0.3, -0.25) is 0 Å². The molecule has 0 amide bonds. The predicted molar refractivity (Wildman–Crippen MR) is 61.4 cm³/mol. The maximum atomic E-state index is 5.96. The van der Waals surface area contributed by atoms with Gasteiger partial charge < -0.3 is 4.74 Å². The summed E-state index contributed by atoms with van der Waals surface area (Å²) in [6.07, 6.45) is 8.76. The third kappa shape index (κ3) is 1.23. The fourth-order valence-electron chi connectivity index (χ4n) is 2.51. The van der Waals surface area contributed by atoms with E-state index in [-0.39, 0.29) is 6.10 Å². The second-order valence-electron chi connectivity index (χ2n) is 4.38. The van der Waals surface area contributed by atoms with Crippen molar-refractivity contribution >= 4 is 0 Å². The minimum atomic E-state index is 0.213. The predicted octanol–water partition coefficient (Wildman–Crippen LogP) is 3.27. The van der Waals surface area contributed by atoms with Crippen molar-refractivity contribution in [3.05, 3.63) is 53.1 Å². The number of allylic oxidation sites excluding steroid dienone is 2. The number of hydrogen-bond acceptors (Lipinski definition) is 1. The molecule has 0 saturated heterocycles. The molecule has 0 radical (unpaired) electrons. The summed E-state index contributed by atoms with van der Waals surface area (Å²) in [6, 6.07) is 4.43. The molecule has 3 rings (SSSR count). The van der Waals surface area contributed by atoms with Gasteiger partial charge in [0.2, 0.25) is 0 Å². The average molecular weight is 198 g/mol. The van der Waals surface area contributed by atoms with Gasteiger partial charge >= 0.3 is 0 Å². The molecule has 0 bridgehead atoms. The second kappa shape index (κ2) is 2.99. The molecule has 1 nitrogen and oxygen atoms in total. The zero-order valence-corrected chi connectivity index (χ0v) is 9.03. The molecular formula is C14H14O. The van der Waals surface area contributed by atoms with Gasteiger partial charge in [0.25, 0.3) is 0 Å². The van der Waals surface area contributed by atoms with E-state index in [0.29, 0.717) is 5.92 Å². The summed E-state index contributed by atoms with van der Waals surface area (Å²) in [5, 5.41) is 0. The van der Waals surface area contributed by atoms with E-state index in [1.807, 2.05) is 0 Å². The highest BCUT2D eigenvalue weighted by molar-refractivity contribution is 5.52. The molecule has 0 aromatic heterocycles. The Kier molecular flexibility index (Phi) is 1.75. The number of aryl methyl sites for hydroxylation is 2. The summed E-state index contributed by atoms with van der Waals surface area (Å²) in [5.41, 5.74) is 3.91. The van der Waals surface area contributed by atoms with Gasteiger partial charge in [0.15, 0.2) is 0 Å². The van der Waals surface area contributed by atoms with Crippen LogP contribution in [0.2, 0.25) is 0 Å². The molecule has 2 unspecified atom stereocenters. The van der Waals surface area contributed by atoms with Crippen LogP contribution < -0.4 is 4.74 Å². The van der Waals surface area contributed by atoms with Crippen LogP contribution in [-0.2, 0) is 0 Å². The second-order valence-corrected chi connectivity index (χ2v) is 4.38. The largest absolute Gasteiger partial charge is 0.485 e. The molecule has 0 N–H and O–H groups in total. The fourth-order valence-corrected chi connectivity index (χ4v) is 2.51. The number of ether oxygens (including phenoxy) is 1. The van der Waals surface area contributed by atoms with Crippen LogP contribution in [0.4, 0.5) is 0 Å². The Morgan fingerprint density at radius 1 is 1.07 bits per heavy atom. The molecule has 1 aromatic carbocycles. The van der Waals surface area contributed by atoms with E-state index in [1.54, 1.807) is 0 Å². The summed E-state index contributed by atoms with van der Waals surface area (Å²) in [7, 11) is 0. The van der Waals surface area contributed by atoms with E-state index >= 15 is 0 Å². The molecule has 1 aliphatic carbocycles. The van der Waals surface area contributed by atoms with Crippen LogP contribution in [0.3, 0.4) is 0 Å². The number of benzene rings is 1. The highest BCUT2D eigenvalue weighted by Gasteiger charge is 2.32. The highest BCUT2D eigenvalue weighted by atomic mass is 16.5. The maximum Gasteiger partial charge on any atom is 0.128 e. The number of fused-ring (bicyclic) bond motifs is 3. The lowest BCUT2D eigenvalue weighted by Crippen LogP contribution is -2.15. The summed E-state index contributed by atoms with van der Waals surface area (Å²) < 4.78 is 5.96. The third-order valence-corrected chi connectivity index (χ3v) is 3.15. The maximum absolute atomic E-state index is 5.96. The first kappa shape index (κ1) is 8.78. The van der Waals surface area contributed by atoms with E-state index < -0.39 is 0 Å². The van der Waals surface area contributed by atoms with E-state index in [1.165, 1.54) is 16.7 Å². The molecule has 2 aliphatic rings. The average Bonchev–Trinajstić information content (AvgIpc) is 2.57. The molecule has 0 spiro atoms. The molecule has 1 aromatic rings. The minimum absolute atomic E-state index is 0.213. The van der Waals surface area contributed by atoms with Crippen LogP contribution in [0.5, 0.6) is 5.75 Å². The molecule has 2 atom stereocenters. The first-order valence-corrected chi connectivity index (χ1v) is 5.38.